The summed E-state index contributed by atoms with van der Waals surface area (Å²) in [6.07, 6.45) is -1.24. The fourth-order valence-electron chi connectivity index (χ4n) is 3.78. The molecule has 182 valence electrons. The van der Waals surface area contributed by atoms with Gasteiger partial charge in [-0.25, -0.2) is 8.42 Å². The normalized spacial score (nSPS) is 18.2. The van der Waals surface area contributed by atoms with Crippen LogP contribution in [-0.4, -0.2) is 60.9 Å². The predicted molar refractivity (Wildman–Crippen MR) is 125 cm³/mol. The lowest BCUT2D eigenvalue weighted by molar-refractivity contribution is -0.151. The number of sulfonamides is 1. The number of esters is 1. The number of carbonyl (C=O) groups is 3. The minimum absolute atomic E-state index is 0.0236. The molecule has 3 aromatic rings. The number of hydrazine groups is 1. The molecule has 4 rings (SSSR count). The summed E-state index contributed by atoms with van der Waals surface area (Å²) in [6.45, 7) is -1.03. The van der Waals surface area contributed by atoms with E-state index in [1.807, 2.05) is 12.1 Å². The molecule has 0 spiro atoms. The van der Waals surface area contributed by atoms with Gasteiger partial charge in [0, 0.05) is 18.5 Å². The number of hydrogen-bond acceptors (Lipinski definition) is 7. The van der Waals surface area contributed by atoms with Crippen LogP contribution in [0.3, 0.4) is 0 Å². The maximum atomic E-state index is 13.3. The van der Waals surface area contributed by atoms with Crippen LogP contribution in [0, 0.1) is 0 Å². The molecular weight excluding hydrogens is 474 g/mol. The van der Waals surface area contributed by atoms with Gasteiger partial charge in [0.25, 0.3) is 11.8 Å². The van der Waals surface area contributed by atoms with E-state index in [1.165, 1.54) is 12.1 Å². The molecule has 10 nitrogen and oxygen atoms in total. The SMILES string of the molecule is O=C(COC(=O)C1CC(O)CN1S(=O)(=O)c1ccc2ccccc2c1)NNC(=O)c1ccccc1. The summed E-state index contributed by atoms with van der Waals surface area (Å²) in [7, 11) is -4.13. The zero-order valence-electron chi connectivity index (χ0n) is 18.5. The second-order valence-electron chi connectivity index (χ2n) is 7.97. The molecule has 0 aliphatic carbocycles. The molecule has 1 saturated heterocycles. The van der Waals surface area contributed by atoms with Crippen LogP contribution in [-0.2, 0) is 24.3 Å². The van der Waals surface area contributed by atoms with Crippen LogP contribution in [0.25, 0.3) is 10.8 Å². The number of amides is 2. The Morgan fingerprint density at radius 3 is 2.37 bits per heavy atom. The van der Waals surface area contributed by atoms with E-state index in [2.05, 4.69) is 10.9 Å². The molecule has 1 fully saturated rings. The maximum Gasteiger partial charge on any atom is 0.325 e. The highest BCUT2D eigenvalue weighted by atomic mass is 32.2. The number of ether oxygens (including phenoxy) is 1. The van der Waals surface area contributed by atoms with Gasteiger partial charge in [-0.2, -0.15) is 4.31 Å². The van der Waals surface area contributed by atoms with E-state index in [-0.39, 0.29) is 17.9 Å². The summed E-state index contributed by atoms with van der Waals surface area (Å²) in [6, 6.07) is 18.7. The molecule has 1 aliphatic heterocycles. The predicted octanol–water partition coefficient (Wildman–Crippen LogP) is 0.968. The monoisotopic (exact) mass is 497 g/mol. The van der Waals surface area contributed by atoms with Crippen LogP contribution in [0.4, 0.5) is 0 Å². The number of carbonyl (C=O) groups excluding carboxylic acids is 3. The number of aliphatic hydroxyl groups is 1. The molecular formula is C24H23N3O7S. The summed E-state index contributed by atoms with van der Waals surface area (Å²) >= 11 is 0. The van der Waals surface area contributed by atoms with Crippen molar-refractivity contribution in [1.29, 1.82) is 0 Å². The largest absolute Gasteiger partial charge is 0.454 e. The van der Waals surface area contributed by atoms with E-state index in [0.29, 0.717) is 10.9 Å². The zero-order chi connectivity index (χ0) is 25.0. The Bertz CT molecular complexity index is 1360. The second kappa shape index (κ2) is 10.2. The quantitative estimate of drug-likeness (QED) is 0.340. The molecule has 0 saturated carbocycles. The van der Waals surface area contributed by atoms with E-state index in [4.69, 9.17) is 4.74 Å². The Hall–Kier alpha value is -3.80. The Labute approximate surface area is 201 Å². The van der Waals surface area contributed by atoms with Crippen molar-refractivity contribution in [2.45, 2.75) is 23.5 Å². The van der Waals surface area contributed by atoms with Crippen LogP contribution >= 0.6 is 0 Å². The summed E-state index contributed by atoms with van der Waals surface area (Å²) in [4.78, 5) is 36.6. The number of β-amino-alcohol motifs (C(OH)–C–C–N with tert-alkyl or cyclic N) is 1. The first-order chi connectivity index (χ1) is 16.8. The third-order valence-electron chi connectivity index (χ3n) is 5.53. The molecule has 0 radical (unpaired) electrons. The molecule has 11 heteroatoms. The first-order valence-electron chi connectivity index (χ1n) is 10.8. The van der Waals surface area contributed by atoms with E-state index in [1.54, 1.807) is 48.5 Å². The molecule has 3 aromatic carbocycles. The second-order valence-corrected chi connectivity index (χ2v) is 9.86. The van der Waals surface area contributed by atoms with E-state index in [0.717, 1.165) is 9.69 Å². The van der Waals surface area contributed by atoms with Gasteiger partial charge in [0.2, 0.25) is 10.0 Å². The number of nitrogens with one attached hydrogen (secondary N) is 2. The number of hydrogen-bond donors (Lipinski definition) is 3. The van der Waals surface area contributed by atoms with E-state index in [9.17, 15) is 27.9 Å². The van der Waals surface area contributed by atoms with Crippen molar-refractivity contribution < 1.29 is 32.6 Å². The first-order valence-corrected chi connectivity index (χ1v) is 12.2. The van der Waals surface area contributed by atoms with Gasteiger partial charge >= 0.3 is 5.97 Å². The van der Waals surface area contributed by atoms with Crippen LogP contribution in [0.15, 0.2) is 77.7 Å². The molecule has 3 N–H and O–H groups in total. The molecule has 2 unspecified atom stereocenters. The molecule has 0 bridgehead atoms. The molecule has 1 heterocycles. The van der Waals surface area contributed by atoms with Gasteiger partial charge < -0.3 is 9.84 Å². The highest BCUT2D eigenvalue weighted by Gasteiger charge is 2.44. The fraction of sp³-hybridized carbons (Fsp3) is 0.208. The van der Waals surface area contributed by atoms with Crippen molar-refractivity contribution in [2.24, 2.45) is 0 Å². The van der Waals surface area contributed by atoms with Gasteiger partial charge in [-0.15, -0.1) is 0 Å². The highest BCUT2D eigenvalue weighted by molar-refractivity contribution is 7.89. The lowest BCUT2D eigenvalue weighted by atomic mass is 10.1. The lowest BCUT2D eigenvalue weighted by Gasteiger charge is -2.22. The third kappa shape index (κ3) is 5.48. The summed E-state index contributed by atoms with van der Waals surface area (Å²) < 4.78 is 32.4. The molecule has 35 heavy (non-hydrogen) atoms. The Morgan fingerprint density at radius 2 is 1.63 bits per heavy atom. The van der Waals surface area contributed by atoms with Crippen molar-refractivity contribution >= 4 is 38.6 Å². The Morgan fingerprint density at radius 1 is 0.943 bits per heavy atom. The first kappa shape index (κ1) is 24.3. The highest BCUT2D eigenvalue weighted by Crippen LogP contribution is 2.29. The van der Waals surface area contributed by atoms with Gasteiger partial charge in [-0.3, -0.25) is 25.2 Å². The number of aliphatic hydroxyl groups excluding tert-OH is 1. The third-order valence-corrected chi connectivity index (χ3v) is 7.40. The van der Waals surface area contributed by atoms with Gasteiger partial charge in [0.15, 0.2) is 6.61 Å². The van der Waals surface area contributed by atoms with Crippen LogP contribution in [0.1, 0.15) is 16.8 Å². The minimum atomic E-state index is -4.13. The molecule has 2 atom stereocenters. The van der Waals surface area contributed by atoms with E-state index < -0.39 is 46.6 Å². The summed E-state index contributed by atoms with van der Waals surface area (Å²) in [5.74, 6) is -2.35. The Kier molecular flexibility index (Phi) is 7.10. The summed E-state index contributed by atoms with van der Waals surface area (Å²) in [5, 5.41) is 11.7. The number of fused-ring (bicyclic) bond motifs is 1. The minimum Gasteiger partial charge on any atom is -0.454 e. The van der Waals surface area contributed by atoms with Crippen LogP contribution < -0.4 is 10.9 Å². The van der Waals surface area contributed by atoms with Gasteiger partial charge in [-0.1, -0.05) is 48.5 Å². The standard InChI is InChI=1S/C24H23N3O7S/c28-19-13-21(24(31)34-15-22(29)25-26-23(30)17-7-2-1-3-8-17)27(14-19)35(32,33)20-11-10-16-6-4-5-9-18(16)12-20/h1-12,19,21,28H,13-15H2,(H,25,29)(H,26,30). The average molecular weight is 498 g/mol. The Balaban J connectivity index is 1.39. The van der Waals surface area contributed by atoms with Crippen LogP contribution in [0.2, 0.25) is 0 Å². The molecule has 1 aliphatic rings. The van der Waals surface area contributed by atoms with Crippen molar-refractivity contribution in [1.82, 2.24) is 15.2 Å². The fourth-order valence-corrected chi connectivity index (χ4v) is 5.45. The summed E-state index contributed by atoms with van der Waals surface area (Å²) in [5.41, 5.74) is 4.63. The number of rotatable bonds is 6. The van der Waals surface area contributed by atoms with Gasteiger partial charge in [-0.05, 0) is 35.0 Å². The molecule has 2 amide bonds. The van der Waals surface area contributed by atoms with E-state index >= 15 is 0 Å². The zero-order valence-corrected chi connectivity index (χ0v) is 19.3. The van der Waals surface area contributed by atoms with Crippen molar-refractivity contribution in [3.63, 3.8) is 0 Å². The molecule has 0 aromatic heterocycles. The number of benzene rings is 3. The smallest absolute Gasteiger partial charge is 0.325 e. The maximum absolute atomic E-state index is 13.3. The van der Waals surface area contributed by atoms with Crippen molar-refractivity contribution in [3.8, 4) is 0 Å². The topological polar surface area (TPSA) is 142 Å². The van der Waals surface area contributed by atoms with Gasteiger partial charge in [0.05, 0.1) is 11.0 Å². The van der Waals surface area contributed by atoms with Crippen molar-refractivity contribution in [2.75, 3.05) is 13.2 Å². The lowest BCUT2D eigenvalue weighted by Crippen LogP contribution is -2.45. The van der Waals surface area contributed by atoms with Crippen LogP contribution in [0.5, 0.6) is 0 Å². The van der Waals surface area contributed by atoms with Gasteiger partial charge in [0.1, 0.15) is 6.04 Å². The van der Waals surface area contributed by atoms with Crippen molar-refractivity contribution in [3.05, 3.63) is 78.4 Å². The average Bonchev–Trinajstić information content (AvgIpc) is 3.28. The number of nitrogens with zero attached hydrogens (tertiary/aromatic N) is 1.